The van der Waals surface area contributed by atoms with Crippen molar-refractivity contribution in [3.63, 3.8) is 0 Å². The van der Waals surface area contributed by atoms with E-state index in [9.17, 15) is 0 Å². The summed E-state index contributed by atoms with van der Waals surface area (Å²) in [6, 6.07) is 0. The van der Waals surface area contributed by atoms with Crippen molar-refractivity contribution >= 4 is 11.6 Å². The molecule has 0 saturated heterocycles. The van der Waals surface area contributed by atoms with Crippen LogP contribution in [-0.2, 0) is 21.7 Å². The summed E-state index contributed by atoms with van der Waals surface area (Å²) in [7, 11) is 0. The molecule has 0 bridgehead atoms. The second-order valence-electron chi connectivity index (χ2n) is 0.890. The molecule has 0 saturated carbocycles. The summed E-state index contributed by atoms with van der Waals surface area (Å²) in [4.78, 5) is 0. The minimum Gasteiger partial charge on any atom is -0.397 e. The van der Waals surface area contributed by atoms with Crippen molar-refractivity contribution in [2.45, 2.75) is 19.4 Å². The first-order valence-electron chi connectivity index (χ1n) is 2.08. The Morgan fingerprint density at radius 2 is 1.40 bits per heavy atom. The van der Waals surface area contributed by atoms with Crippen molar-refractivity contribution in [1.29, 1.82) is 0 Å². The first kappa shape index (κ1) is 30.7. The van der Waals surface area contributed by atoms with Crippen molar-refractivity contribution in [1.82, 2.24) is 0 Å². The van der Waals surface area contributed by atoms with Crippen LogP contribution in [-0.4, -0.2) is 22.4 Å². The molecule has 0 rings (SSSR count). The van der Waals surface area contributed by atoms with Crippen LogP contribution >= 0.6 is 11.6 Å². The van der Waals surface area contributed by atoms with E-state index >= 15 is 0 Å². The van der Waals surface area contributed by atoms with E-state index in [2.05, 4.69) is 0 Å². The molecule has 0 aliphatic rings. The zero-order valence-corrected chi connectivity index (χ0v) is 9.37. The average molecular weight is 205 g/mol. The number of aliphatic hydroxyl groups is 2. The third kappa shape index (κ3) is 656. The number of hydrogen-bond donors (Lipinski definition) is 2. The molecule has 0 aromatic heterocycles. The van der Waals surface area contributed by atoms with Crippen molar-refractivity contribution in [3.8, 4) is 0 Å². The molecule has 4 heteroatoms. The first-order valence-corrected chi connectivity index (χ1v) is 2.51. The maximum atomic E-state index is 7.82. The SMILES string of the molecule is CC(O)Cl.CCO.[CH3-].[CH3-].[Ti+2]. The molecule has 1 atom stereocenters. The maximum Gasteiger partial charge on any atom is 2.00 e. The largest absolute Gasteiger partial charge is 2.00 e. The van der Waals surface area contributed by atoms with Crippen LogP contribution in [0, 0.1) is 14.9 Å². The van der Waals surface area contributed by atoms with Gasteiger partial charge in [0.25, 0.3) is 0 Å². The standard InChI is InChI=1S/C2H5ClO.C2H6O.2CH3.Ti/c1-2(3)4;1-2-3;;;/h2,4H,1H3;3H,2H2,1H3;2*1H3;/q;;2*-1;+2. The Bertz CT molecular complexity index is 27.0. The zero-order valence-electron chi connectivity index (χ0n) is 7.06. The van der Waals surface area contributed by atoms with Gasteiger partial charge in [-0.25, -0.2) is 0 Å². The van der Waals surface area contributed by atoms with Crippen molar-refractivity contribution in [2.24, 2.45) is 0 Å². The predicted octanol–water partition coefficient (Wildman–Crippen LogP) is 1.46. The van der Waals surface area contributed by atoms with Gasteiger partial charge in [0.2, 0.25) is 0 Å². The van der Waals surface area contributed by atoms with Gasteiger partial charge in [-0.15, -0.1) is 0 Å². The molecule has 0 fully saturated rings. The van der Waals surface area contributed by atoms with E-state index in [-0.39, 0.29) is 43.2 Å². The van der Waals surface area contributed by atoms with Gasteiger partial charge in [-0.05, 0) is 13.8 Å². The quantitative estimate of drug-likeness (QED) is 0.356. The molecule has 0 aromatic rings. The molecule has 10 heavy (non-hydrogen) atoms. The summed E-state index contributed by atoms with van der Waals surface area (Å²) in [5.41, 5.74) is -0.694. The molecule has 0 amide bonds. The van der Waals surface area contributed by atoms with E-state index in [4.69, 9.17) is 21.8 Å². The summed E-state index contributed by atoms with van der Waals surface area (Å²) in [5, 5.41) is 15.4. The minimum atomic E-state index is -0.694. The molecule has 2 nitrogen and oxygen atoms in total. The van der Waals surface area contributed by atoms with Crippen LogP contribution < -0.4 is 0 Å². The summed E-state index contributed by atoms with van der Waals surface area (Å²) in [5.74, 6) is 0. The Kier molecular flexibility index (Phi) is 99.9. The van der Waals surface area contributed by atoms with Crippen molar-refractivity contribution in [2.75, 3.05) is 6.61 Å². The van der Waals surface area contributed by atoms with E-state index < -0.39 is 5.56 Å². The number of hydrogen-bond acceptors (Lipinski definition) is 2. The minimum absolute atomic E-state index is 0. The Hall–Kier alpha value is 0.924. The fraction of sp³-hybridized carbons (Fsp3) is 0.667. The van der Waals surface area contributed by atoms with E-state index in [0.717, 1.165) is 0 Å². The Labute approximate surface area is 84.5 Å². The third-order valence-electron chi connectivity index (χ3n) is 0. The van der Waals surface area contributed by atoms with Gasteiger partial charge in [0, 0.05) is 6.61 Å². The molecule has 0 aromatic carbocycles. The Morgan fingerprint density at radius 1 is 1.40 bits per heavy atom. The van der Waals surface area contributed by atoms with Crippen LogP contribution in [0.4, 0.5) is 0 Å². The Morgan fingerprint density at radius 3 is 1.40 bits per heavy atom. The number of alkyl halides is 1. The summed E-state index contributed by atoms with van der Waals surface area (Å²) >= 11 is 4.83. The van der Waals surface area contributed by atoms with Crippen LogP contribution in [0.25, 0.3) is 0 Å². The molecule has 0 aliphatic heterocycles. The fourth-order valence-corrected chi connectivity index (χ4v) is 0. The molecule has 0 heterocycles. The number of rotatable bonds is 0. The van der Waals surface area contributed by atoms with Crippen molar-refractivity contribution < 1.29 is 31.9 Å². The summed E-state index contributed by atoms with van der Waals surface area (Å²) in [6.45, 7) is 3.42. The molecule has 0 spiro atoms. The maximum absolute atomic E-state index is 7.82. The van der Waals surface area contributed by atoms with E-state index in [1.54, 1.807) is 6.92 Å². The second kappa shape index (κ2) is 32.6. The topological polar surface area (TPSA) is 40.5 Å². The van der Waals surface area contributed by atoms with Crippen LogP contribution in [0.5, 0.6) is 0 Å². The van der Waals surface area contributed by atoms with Gasteiger partial charge in [0.15, 0.2) is 0 Å². The third-order valence-corrected chi connectivity index (χ3v) is 0. The molecule has 0 radical (unpaired) electrons. The van der Waals surface area contributed by atoms with Crippen LogP contribution in [0.2, 0.25) is 0 Å². The number of halogens is 1. The zero-order chi connectivity index (χ0) is 6.28. The van der Waals surface area contributed by atoms with Gasteiger partial charge in [-0.3, -0.25) is 0 Å². The van der Waals surface area contributed by atoms with Gasteiger partial charge in [-0.2, -0.15) is 0 Å². The van der Waals surface area contributed by atoms with Gasteiger partial charge in [0.05, 0.1) is 0 Å². The molecule has 2 N–H and O–H groups in total. The smallest absolute Gasteiger partial charge is 0.397 e. The molecule has 64 valence electrons. The van der Waals surface area contributed by atoms with Gasteiger partial charge < -0.3 is 25.1 Å². The Balaban J connectivity index is -0.0000000131. The fourth-order valence-electron chi connectivity index (χ4n) is 0. The summed E-state index contributed by atoms with van der Waals surface area (Å²) < 4.78 is 0. The van der Waals surface area contributed by atoms with E-state index in [1.165, 1.54) is 6.92 Å². The predicted molar refractivity (Wildman–Crippen MR) is 43.1 cm³/mol. The van der Waals surface area contributed by atoms with Gasteiger partial charge in [0.1, 0.15) is 5.56 Å². The van der Waals surface area contributed by atoms with Crippen LogP contribution in [0.3, 0.4) is 0 Å². The van der Waals surface area contributed by atoms with Gasteiger partial charge >= 0.3 is 21.7 Å². The van der Waals surface area contributed by atoms with Crippen LogP contribution in [0.1, 0.15) is 13.8 Å². The molecule has 0 aliphatic carbocycles. The monoisotopic (exact) mass is 204 g/mol. The van der Waals surface area contributed by atoms with Crippen molar-refractivity contribution in [3.05, 3.63) is 14.9 Å². The molecule has 1 unspecified atom stereocenters. The first-order chi connectivity index (χ1) is 3.15. The van der Waals surface area contributed by atoms with Crippen LogP contribution in [0.15, 0.2) is 0 Å². The molecular weight excluding hydrogens is 187 g/mol. The van der Waals surface area contributed by atoms with Gasteiger partial charge in [-0.1, -0.05) is 11.6 Å². The summed E-state index contributed by atoms with van der Waals surface area (Å²) in [6.07, 6.45) is 0. The van der Waals surface area contributed by atoms with E-state index in [0.29, 0.717) is 0 Å². The normalized spacial score (nSPS) is 8.10. The second-order valence-corrected chi connectivity index (χ2v) is 1.52. The van der Waals surface area contributed by atoms with E-state index in [1.807, 2.05) is 0 Å². The average Bonchev–Trinajstić information content (AvgIpc) is 1.33. The number of aliphatic hydroxyl groups excluding tert-OH is 2. The molecular formula is C6H17ClO2Ti.